The van der Waals surface area contributed by atoms with Crippen LogP contribution in [0, 0.1) is 5.92 Å². The Hall–Kier alpha value is -0.910. The van der Waals surface area contributed by atoms with Gasteiger partial charge in [0.15, 0.2) is 0 Å². The van der Waals surface area contributed by atoms with Crippen molar-refractivity contribution in [2.24, 2.45) is 5.92 Å². The van der Waals surface area contributed by atoms with Crippen molar-refractivity contribution in [1.29, 1.82) is 0 Å². The summed E-state index contributed by atoms with van der Waals surface area (Å²) < 4.78 is 6.40. The van der Waals surface area contributed by atoms with Gasteiger partial charge in [-0.15, -0.1) is 0 Å². The van der Waals surface area contributed by atoms with Crippen molar-refractivity contribution in [3.63, 3.8) is 0 Å². The van der Waals surface area contributed by atoms with E-state index >= 15 is 0 Å². The van der Waals surface area contributed by atoms with Crippen LogP contribution in [0.5, 0.6) is 0 Å². The molecule has 0 radical (unpaired) electrons. The first-order chi connectivity index (χ1) is 11.2. The molecule has 0 saturated carbocycles. The van der Waals surface area contributed by atoms with Gasteiger partial charge in [0.1, 0.15) is 0 Å². The molecule has 0 atom stereocenters. The molecule has 1 aliphatic rings. The largest absolute Gasteiger partial charge is 0.381 e. The molecule has 0 bridgehead atoms. The molecule has 1 saturated heterocycles. The van der Waals surface area contributed by atoms with E-state index in [1.807, 2.05) is 29.2 Å². The summed E-state index contributed by atoms with van der Waals surface area (Å²) in [6, 6.07) is 8.02. The number of carbonyl (C=O) groups excluding carboxylic acids is 1. The van der Waals surface area contributed by atoms with Crippen LogP contribution in [-0.2, 0) is 9.53 Å². The molecule has 128 valence electrons. The van der Waals surface area contributed by atoms with Gasteiger partial charge in [0, 0.05) is 42.4 Å². The molecule has 1 heterocycles. The molecule has 0 spiro atoms. The normalized spacial score (nSPS) is 15.8. The molecular weight excluding hydrogens is 356 g/mol. The van der Waals surface area contributed by atoms with Crippen LogP contribution in [0.2, 0.25) is 0 Å². The van der Waals surface area contributed by atoms with Crippen molar-refractivity contribution in [2.75, 3.05) is 44.3 Å². The molecule has 1 aromatic carbocycles. The van der Waals surface area contributed by atoms with Crippen molar-refractivity contribution in [3.05, 3.63) is 28.7 Å². The van der Waals surface area contributed by atoms with Crippen molar-refractivity contribution in [1.82, 2.24) is 4.90 Å². The first-order valence-electron chi connectivity index (χ1n) is 8.52. The van der Waals surface area contributed by atoms with Crippen LogP contribution in [0.3, 0.4) is 0 Å². The highest BCUT2D eigenvalue weighted by atomic mass is 79.9. The van der Waals surface area contributed by atoms with Gasteiger partial charge in [-0.3, -0.25) is 4.79 Å². The highest BCUT2D eigenvalue weighted by Crippen LogP contribution is 2.25. The molecule has 5 heteroatoms. The summed E-state index contributed by atoms with van der Waals surface area (Å²) in [7, 11) is 0. The minimum atomic E-state index is 0.0828. The van der Waals surface area contributed by atoms with Crippen LogP contribution in [0.15, 0.2) is 28.7 Å². The molecule has 0 unspecified atom stereocenters. The van der Waals surface area contributed by atoms with Crippen molar-refractivity contribution in [3.8, 4) is 0 Å². The van der Waals surface area contributed by atoms with Gasteiger partial charge in [-0.05, 0) is 44.1 Å². The van der Waals surface area contributed by atoms with Crippen LogP contribution in [-0.4, -0.2) is 50.2 Å². The van der Waals surface area contributed by atoms with Gasteiger partial charge in [-0.1, -0.05) is 35.8 Å². The average molecular weight is 383 g/mol. The maximum atomic E-state index is 13.0. The maximum Gasteiger partial charge on any atom is 0.230 e. The van der Waals surface area contributed by atoms with Crippen LogP contribution < -0.4 is 4.90 Å². The molecule has 0 N–H and O–H groups in total. The number of benzene rings is 1. The molecule has 1 aliphatic heterocycles. The standard InChI is InChI=1S/C18H27BrN2O2/c1-3-20(4-2)10-11-21(17-7-5-6-16(19)14-17)18(22)15-8-12-23-13-9-15/h5-7,14-15H,3-4,8-13H2,1-2H3. The molecule has 1 fully saturated rings. The minimum absolute atomic E-state index is 0.0828. The maximum absolute atomic E-state index is 13.0. The number of rotatable bonds is 7. The number of hydrogen-bond donors (Lipinski definition) is 0. The molecule has 0 aromatic heterocycles. The Bertz CT molecular complexity index is 500. The summed E-state index contributed by atoms with van der Waals surface area (Å²) in [6.45, 7) is 9.35. The van der Waals surface area contributed by atoms with Crippen LogP contribution >= 0.6 is 15.9 Å². The highest BCUT2D eigenvalue weighted by molar-refractivity contribution is 9.10. The first kappa shape index (κ1) is 18.4. The Kier molecular flexibility index (Phi) is 7.53. The molecule has 0 aliphatic carbocycles. The van der Waals surface area contributed by atoms with Gasteiger partial charge in [0.2, 0.25) is 5.91 Å². The molecule has 2 rings (SSSR count). The summed E-state index contributed by atoms with van der Waals surface area (Å²) in [6.07, 6.45) is 1.66. The van der Waals surface area contributed by atoms with Gasteiger partial charge in [-0.2, -0.15) is 0 Å². The average Bonchev–Trinajstić information content (AvgIpc) is 2.59. The third-order valence-electron chi connectivity index (χ3n) is 4.49. The predicted octanol–water partition coefficient (Wildman–Crippen LogP) is 3.55. The Morgan fingerprint density at radius 2 is 1.91 bits per heavy atom. The van der Waals surface area contributed by atoms with E-state index in [0.717, 1.165) is 49.2 Å². The Morgan fingerprint density at radius 1 is 1.22 bits per heavy atom. The molecule has 1 aromatic rings. The molecule has 4 nitrogen and oxygen atoms in total. The Labute approximate surface area is 147 Å². The number of anilines is 1. The van der Waals surface area contributed by atoms with E-state index in [1.165, 1.54) is 0 Å². The predicted molar refractivity (Wildman–Crippen MR) is 97.8 cm³/mol. The van der Waals surface area contributed by atoms with Gasteiger partial charge < -0.3 is 14.5 Å². The lowest BCUT2D eigenvalue weighted by Crippen LogP contribution is -2.43. The van der Waals surface area contributed by atoms with E-state index < -0.39 is 0 Å². The van der Waals surface area contributed by atoms with Crippen LogP contribution in [0.1, 0.15) is 26.7 Å². The zero-order chi connectivity index (χ0) is 16.7. The monoisotopic (exact) mass is 382 g/mol. The van der Waals surface area contributed by atoms with E-state index in [2.05, 4.69) is 34.7 Å². The number of ether oxygens (including phenoxy) is 1. The number of amides is 1. The topological polar surface area (TPSA) is 32.8 Å². The van der Waals surface area contributed by atoms with E-state index in [1.54, 1.807) is 0 Å². The molecule has 1 amide bonds. The third-order valence-corrected chi connectivity index (χ3v) is 4.98. The van der Waals surface area contributed by atoms with E-state index in [-0.39, 0.29) is 11.8 Å². The quantitative estimate of drug-likeness (QED) is 0.722. The fraction of sp³-hybridized carbons (Fsp3) is 0.611. The Balaban J connectivity index is 2.14. The summed E-state index contributed by atoms with van der Waals surface area (Å²) in [5.41, 5.74) is 0.975. The second kappa shape index (κ2) is 9.40. The lowest BCUT2D eigenvalue weighted by Gasteiger charge is -2.31. The van der Waals surface area contributed by atoms with Gasteiger partial charge in [0.25, 0.3) is 0 Å². The molecule has 23 heavy (non-hydrogen) atoms. The Morgan fingerprint density at radius 3 is 2.52 bits per heavy atom. The second-order valence-corrected chi connectivity index (χ2v) is 6.80. The number of carbonyl (C=O) groups is 1. The fourth-order valence-electron chi connectivity index (χ4n) is 2.96. The summed E-state index contributed by atoms with van der Waals surface area (Å²) in [4.78, 5) is 17.3. The van der Waals surface area contributed by atoms with Gasteiger partial charge >= 0.3 is 0 Å². The fourth-order valence-corrected chi connectivity index (χ4v) is 3.34. The lowest BCUT2D eigenvalue weighted by molar-refractivity contribution is -0.125. The first-order valence-corrected chi connectivity index (χ1v) is 9.32. The van der Waals surface area contributed by atoms with E-state index in [4.69, 9.17) is 4.74 Å². The zero-order valence-corrected chi connectivity index (χ0v) is 15.7. The summed E-state index contributed by atoms with van der Waals surface area (Å²) >= 11 is 3.51. The number of nitrogens with zero attached hydrogens (tertiary/aromatic N) is 2. The zero-order valence-electron chi connectivity index (χ0n) is 14.1. The smallest absolute Gasteiger partial charge is 0.230 e. The summed E-state index contributed by atoms with van der Waals surface area (Å²) in [5.74, 6) is 0.318. The van der Waals surface area contributed by atoms with Gasteiger partial charge in [0.05, 0.1) is 0 Å². The number of likely N-dealkylation sites (N-methyl/N-ethyl adjacent to an activating group) is 1. The van der Waals surface area contributed by atoms with Crippen LogP contribution in [0.4, 0.5) is 5.69 Å². The van der Waals surface area contributed by atoms with Crippen molar-refractivity contribution >= 4 is 27.5 Å². The summed E-state index contributed by atoms with van der Waals surface area (Å²) in [5, 5.41) is 0. The van der Waals surface area contributed by atoms with Crippen molar-refractivity contribution in [2.45, 2.75) is 26.7 Å². The van der Waals surface area contributed by atoms with Gasteiger partial charge in [-0.25, -0.2) is 0 Å². The number of halogens is 1. The molecular formula is C18H27BrN2O2. The SMILES string of the molecule is CCN(CC)CCN(C(=O)C1CCOCC1)c1cccc(Br)c1. The van der Waals surface area contributed by atoms with E-state index in [0.29, 0.717) is 13.2 Å². The van der Waals surface area contributed by atoms with Crippen LogP contribution in [0.25, 0.3) is 0 Å². The lowest BCUT2D eigenvalue weighted by atomic mass is 9.98. The second-order valence-electron chi connectivity index (χ2n) is 5.88. The van der Waals surface area contributed by atoms with E-state index in [9.17, 15) is 4.79 Å². The number of hydrogen-bond acceptors (Lipinski definition) is 3. The third kappa shape index (κ3) is 5.30. The van der Waals surface area contributed by atoms with Crippen molar-refractivity contribution < 1.29 is 9.53 Å². The highest BCUT2D eigenvalue weighted by Gasteiger charge is 2.27. The minimum Gasteiger partial charge on any atom is -0.381 e.